The summed E-state index contributed by atoms with van der Waals surface area (Å²) in [5, 5.41) is 5.80. The highest BCUT2D eigenvalue weighted by molar-refractivity contribution is 7.20. The van der Waals surface area contributed by atoms with Crippen molar-refractivity contribution in [2.75, 3.05) is 6.54 Å². The van der Waals surface area contributed by atoms with Gasteiger partial charge in [-0.05, 0) is 29.6 Å². The number of hydrogen-bond donors (Lipinski definition) is 1. The number of halogens is 2. The van der Waals surface area contributed by atoms with E-state index in [4.69, 9.17) is 23.2 Å². The Hall–Kier alpha value is -1.13. The second kappa shape index (κ2) is 6.32. The maximum atomic E-state index is 6.36. The SMILES string of the molecule is CCNC(c1cc(Cl)sc1Cl)c1cccc2ccncc12. The molecule has 21 heavy (non-hydrogen) atoms. The van der Waals surface area contributed by atoms with Gasteiger partial charge in [0.2, 0.25) is 0 Å². The van der Waals surface area contributed by atoms with Gasteiger partial charge < -0.3 is 5.32 Å². The summed E-state index contributed by atoms with van der Waals surface area (Å²) in [5.74, 6) is 0. The highest BCUT2D eigenvalue weighted by Crippen LogP contribution is 2.39. The molecule has 0 radical (unpaired) electrons. The molecular weight excluding hydrogens is 323 g/mol. The lowest BCUT2D eigenvalue weighted by Crippen LogP contribution is -2.22. The van der Waals surface area contributed by atoms with E-state index >= 15 is 0 Å². The minimum Gasteiger partial charge on any atom is -0.306 e. The van der Waals surface area contributed by atoms with Gasteiger partial charge in [-0.25, -0.2) is 0 Å². The van der Waals surface area contributed by atoms with Gasteiger partial charge in [0.15, 0.2) is 0 Å². The standard InChI is InChI=1S/C16H14Cl2N2S/c1-2-20-15(12-8-14(17)21-16(12)18)11-5-3-4-10-6-7-19-9-13(10)11/h3-9,15,20H,2H2,1H3. The smallest absolute Gasteiger partial charge is 0.0995 e. The Bertz CT molecular complexity index is 765. The zero-order valence-electron chi connectivity index (χ0n) is 11.4. The summed E-state index contributed by atoms with van der Waals surface area (Å²) in [6.07, 6.45) is 3.71. The van der Waals surface area contributed by atoms with Gasteiger partial charge in [0.05, 0.1) is 14.7 Å². The van der Waals surface area contributed by atoms with Crippen LogP contribution in [0.5, 0.6) is 0 Å². The van der Waals surface area contributed by atoms with Crippen molar-refractivity contribution >= 4 is 45.3 Å². The van der Waals surface area contributed by atoms with Crippen LogP contribution in [0.3, 0.4) is 0 Å². The predicted octanol–water partition coefficient (Wildman–Crippen LogP) is 5.30. The number of rotatable bonds is 4. The van der Waals surface area contributed by atoms with Crippen molar-refractivity contribution in [1.29, 1.82) is 0 Å². The molecule has 1 atom stereocenters. The number of hydrogen-bond acceptors (Lipinski definition) is 3. The Kier molecular flexibility index (Phi) is 4.45. The lowest BCUT2D eigenvalue weighted by molar-refractivity contribution is 0.636. The van der Waals surface area contributed by atoms with Crippen molar-refractivity contribution in [1.82, 2.24) is 10.3 Å². The van der Waals surface area contributed by atoms with Gasteiger partial charge in [-0.3, -0.25) is 4.98 Å². The largest absolute Gasteiger partial charge is 0.306 e. The summed E-state index contributed by atoms with van der Waals surface area (Å²) in [4.78, 5) is 4.25. The number of fused-ring (bicyclic) bond motifs is 1. The molecule has 5 heteroatoms. The molecule has 3 aromatic rings. The van der Waals surface area contributed by atoms with Crippen LogP contribution < -0.4 is 5.32 Å². The summed E-state index contributed by atoms with van der Waals surface area (Å²) in [6.45, 7) is 2.92. The fourth-order valence-electron chi connectivity index (χ4n) is 2.53. The highest BCUT2D eigenvalue weighted by atomic mass is 35.5. The second-order valence-electron chi connectivity index (χ2n) is 4.71. The quantitative estimate of drug-likeness (QED) is 0.698. The van der Waals surface area contributed by atoms with Gasteiger partial charge in [-0.1, -0.05) is 48.3 Å². The molecule has 0 aliphatic rings. The van der Waals surface area contributed by atoms with Crippen LogP contribution in [0.25, 0.3) is 10.8 Å². The summed E-state index contributed by atoms with van der Waals surface area (Å²) in [7, 11) is 0. The molecule has 3 rings (SSSR count). The third-order valence-electron chi connectivity index (χ3n) is 3.43. The zero-order valence-corrected chi connectivity index (χ0v) is 13.8. The third kappa shape index (κ3) is 2.92. The van der Waals surface area contributed by atoms with Crippen LogP contribution in [0.2, 0.25) is 8.67 Å². The molecule has 0 aliphatic carbocycles. The van der Waals surface area contributed by atoms with Gasteiger partial charge in [-0.2, -0.15) is 0 Å². The van der Waals surface area contributed by atoms with Crippen molar-refractivity contribution < 1.29 is 0 Å². The Morgan fingerprint density at radius 2 is 2.10 bits per heavy atom. The maximum absolute atomic E-state index is 6.36. The van der Waals surface area contributed by atoms with E-state index in [0.29, 0.717) is 4.34 Å². The molecule has 1 unspecified atom stereocenters. The number of pyridine rings is 1. The maximum Gasteiger partial charge on any atom is 0.0995 e. The molecule has 1 N–H and O–H groups in total. The van der Waals surface area contributed by atoms with E-state index in [1.807, 2.05) is 24.5 Å². The van der Waals surface area contributed by atoms with Crippen molar-refractivity contribution in [2.45, 2.75) is 13.0 Å². The van der Waals surface area contributed by atoms with E-state index < -0.39 is 0 Å². The molecule has 0 aliphatic heterocycles. The fourth-order valence-corrected chi connectivity index (χ4v) is 4.06. The van der Waals surface area contributed by atoms with Gasteiger partial charge in [0, 0.05) is 23.3 Å². The van der Waals surface area contributed by atoms with Crippen LogP contribution >= 0.6 is 34.5 Å². The first-order valence-electron chi connectivity index (χ1n) is 6.71. The normalized spacial score (nSPS) is 12.7. The number of thiophene rings is 1. The average Bonchev–Trinajstić information content (AvgIpc) is 2.83. The number of nitrogens with zero attached hydrogens (tertiary/aromatic N) is 1. The van der Waals surface area contributed by atoms with Crippen LogP contribution in [0.15, 0.2) is 42.7 Å². The van der Waals surface area contributed by atoms with E-state index in [9.17, 15) is 0 Å². The molecule has 0 spiro atoms. The summed E-state index contributed by atoms with van der Waals surface area (Å²) < 4.78 is 1.43. The molecule has 2 heterocycles. The Morgan fingerprint density at radius 1 is 1.24 bits per heavy atom. The Morgan fingerprint density at radius 3 is 2.81 bits per heavy atom. The molecule has 0 saturated carbocycles. The summed E-state index contributed by atoms with van der Waals surface area (Å²) >= 11 is 13.9. The summed E-state index contributed by atoms with van der Waals surface area (Å²) in [5.41, 5.74) is 2.18. The van der Waals surface area contributed by atoms with Gasteiger partial charge >= 0.3 is 0 Å². The van der Waals surface area contributed by atoms with Crippen LogP contribution in [-0.4, -0.2) is 11.5 Å². The molecule has 2 nitrogen and oxygen atoms in total. The first-order chi connectivity index (χ1) is 10.2. The Labute approximate surface area is 137 Å². The van der Waals surface area contributed by atoms with E-state index in [1.165, 1.54) is 22.3 Å². The van der Waals surface area contributed by atoms with Gasteiger partial charge in [0.1, 0.15) is 0 Å². The molecule has 0 amide bonds. The lowest BCUT2D eigenvalue weighted by atomic mass is 9.96. The van der Waals surface area contributed by atoms with Crippen molar-refractivity contribution in [3.63, 3.8) is 0 Å². The van der Waals surface area contributed by atoms with Crippen LogP contribution in [0, 0.1) is 0 Å². The van der Waals surface area contributed by atoms with Gasteiger partial charge in [0.25, 0.3) is 0 Å². The first-order valence-corrected chi connectivity index (χ1v) is 8.28. The molecule has 108 valence electrons. The Balaban J connectivity index is 2.18. The zero-order chi connectivity index (χ0) is 14.8. The second-order valence-corrected chi connectivity index (χ2v) is 7.00. The van der Waals surface area contributed by atoms with Crippen LogP contribution in [0.1, 0.15) is 24.1 Å². The molecular formula is C16H14Cl2N2S. The molecule has 1 aromatic carbocycles. The van der Waals surface area contributed by atoms with Crippen LogP contribution in [0.4, 0.5) is 0 Å². The lowest BCUT2D eigenvalue weighted by Gasteiger charge is -2.20. The monoisotopic (exact) mass is 336 g/mol. The highest BCUT2D eigenvalue weighted by Gasteiger charge is 2.20. The van der Waals surface area contributed by atoms with E-state index in [2.05, 4.69) is 35.4 Å². The van der Waals surface area contributed by atoms with Crippen molar-refractivity contribution in [2.24, 2.45) is 0 Å². The summed E-state index contributed by atoms with van der Waals surface area (Å²) in [6, 6.07) is 10.2. The third-order valence-corrected chi connectivity index (χ3v) is 4.95. The minimum absolute atomic E-state index is 0.0131. The number of benzene rings is 1. The van der Waals surface area contributed by atoms with E-state index in [0.717, 1.165) is 21.8 Å². The fraction of sp³-hybridized carbons (Fsp3) is 0.188. The molecule has 0 saturated heterocycles. The van der Waals surface area contributed by atoms with E-state index in [1.54, 1.807) is 0 Å². The van der Waals surface area contributed by atoms with Gasteiger partial charge in [-0.15, -0.1) is 11.3 Å². The topological polar surface area (TPSA) is 24.9 Å². The molecule has 0 bridgehead atoms. The van der Waals surface area contributed by atoms with E-state index in [-0.39, 0.29) is 6.04 Å². The predicted molar refractivity (Wildman–Crippen MR) is 91.6 cm³/mol. The van der Waals surface area contributed by atoms with Crippen LogP contribution in [-0.2, 0) is 0 Å². The minimum atomic E-state index is 0.0131. The number of aromatic nitrogens is 1. The molecule has 0 fully saturated rings. The van der Waals surface area contributed by atoms with Crippen molar-refractivity contribution in [3.05, 3.63) is 62.5 Å². The van der Waals surface area contributed by atoms with Crippen molar-refractivity contribution in [3.8, 4) is 0 Å². The number of nitrogens with one attached hydrogen (secondary N) is 1. The molecule has 2 aromatic heterocycles. The average molecular weight is 337 g/mol. The first kappa shape index (κ1) is 14.8.